The third-order valence-corrected chi connectivity index (χ3v) is 4.01. The standard InChI is InChI=1S/C9H14Br2O4/c1-3-14-8(12)7(6(11)5-10)9(13)15-4-2/h6-7H,3-5H2,1-2H3. The quantitative estimate of drug-likeness (QED) is 0.419. The van der Waals surface area contributed by atoms with E-state index in [0.717, 1.165) is 0 Å². The molecule has 1 unspecified atom stereocenters. The zero-order valence-electron chi connectivity index (χ0n) is 8.66. The molecule has 0 saturated carbocycles. The molecule has 0 fully saturated rings. The van der Waals surface area contributed by atoms with Crippen LogP contribution in [-0.2, 0) is 19.1 Å². The zero-order chi connectivity index (χ0) is 11.8. The first-order valence-electron chi connectivity index (χ1n) is 4.61. The van der Waals surface area contributed by atoms with Gasteiger partial charge in [-0.25, -0.2) is 0 Å². The van der Waals surface area contributed by atoms with Crippen molar-refractivity contribution >= 4 is 43.8 Å². The Morgan fingerprint density at radius 3 is 1.80 bits per heavy atom. The molecule has 15 heavy (non-hydrogen) atoms. The lowest BCUT2D eigenvalue weighted by Crippen LogP contribution is -2.35. The second-order valence-electron chi connectivity index (χ2n) is 2.65. The van der Waals surface area contributed by atoms with Gasteiger partial charge in [-0.05, 0) is 13.8 Å². The molecular weight excluding hydrogens is 332 g/mol. The van der Waals surface area contributed by atoms with E-state index >= 15 is 0 Å². The lowest BCUT2D eigenvalue weighted by molar-refractivity contribution is -0.161. The number of carbonyl (C=O) groups is 2. The minimum Gasteiger partial charge on any atom is -0.465 e. The number of ether oxygens (including phenoxy) is 2. The number of alkyl halides is 2. The predicted molar refractivity (Wildman–Crippen MR) is 63.3 cm³/mol. The summed E-state index contributed by atoms with van der Waals surface area (Å²) in [5.41, 5.74) is 0. The third-order valence-electron chi connectivity index (χ3n) is 1.59. The van der Waals surface area contributed by atoms with E-state index in [1.807, 2.05) is 0 Å². The molecule has 1 atom stereocenters. The van der Waals surface area contributed by atoms with Gasteiger partial charge < -0.3 is 9.47 Å². The molecule has 0 aromatic carbocycles. The molecule has 0 saturated heterocycles. The fraction of sp³-hybridized carbons (Fsp3) is 0.778. The molecule has 0 aromatic heterocycles. The average Bonchev–Trinajstić information content (AvgIpc) is 2.18. The first kappa shape index (κ1) is 14.9. The molecule has 0 N–H and O–H groups in total. The minimum atomic E-state index is -0.913. The molecule has 0 aliphatic heterocycles. The smallest absolute Gasteiger partial charge is 0.321 e. The topological polar surface area (TPSA) is 52.6 Å². The van der Waals surface area contributed by atoms with Gasteiger partial charge in [-0.3, -0.25) is 9.59 Å². The van der Waals surface area contributed by atoms with Crippen molar-refractivity contribution in [1.82, 2.24) is 0 Å². The first-order chi connectivity index (χ1) is 7.08. The lowest BCUT2D eigenvalue weighted by Gasteiger charge is -2.17. The predicted octanol–water partition coefficient (Wildman–Crippen LogP) is 1.89. The van der Waals surface area contributed by atoms with Crippen LogP contribution in [0.15, 0.2) is 0 Å². The maximum absolute atomic E-state index is 11.5. The summed E-state index contributed by atoms with van der Waals surface area (Å²) in [6, 6.07) is 0. The normalized spacial score (nSPS) is 12.3. The van der Waals surface area contributed by atoms with Crippen molar-refractivity contribution in [2.75, 3.05) is 18.5 Å². The van der Waals surface area contributed by atoms with Crippen molar-refractivity contribution in [3.8, 4) is 0 Å². The van der Waals surface area contributed by atoms with E-state index in [0.29, 0.717) is 5.33 Å². The molecule has 0 amide bonds. The zero-order valence-corrected chi connectivity index (χ0v) is 11.8. The highest BCUT2D eigenvalue weighted by Gasteiger charge is 2.35. The van der Waals surface area contributed by atoms with Gasteiger partial charge in [0.05, 0.1) is 13.2 Å². The van der Waals surface area contributed by atoms with Gasteiger partial charge in [-0.1, -0.05) is 31.9 Å². The monoisotopic (exact) mass is 344 g/mol. The molecule has 0 heterocycles. The highest BCUT2D eigenvalue weighted by molar-refractivity contribution is 9.12. The van der Waals surface area contributed by atoms with E-state index in [9.17, 15) is 9.59 Å². The van der Waals surface area contributed by atoms with Crippen molar-refractivity contribution in [2.45, 2.75) is 18.7 Å². The molecule has 88 valence electrons. The Morgan fingerprint density at radius 1 is 1.13 bits per heavy atom. The summed E-state index contributed by atoms with van der Waals surface area (Å²) in [6.07, 6.45) is 0. The van der Waals surface area contributed by atoms with Crippen LogP contribution in [0.4, 0.5) is 0 Å². The number of carbonyl (C=O) groups excluding carboxylic acids is 2. The number of halogens is 2. The Balaban J connectivity index is 4.56. The van der Waals surface area contributed by atoms with Gasteiger partial charge in [0.2, 0.25) is 0 Å². The first-order valence-corrected chi connectivity index (χ1v) is 6.65. The Kier molecular flexibility index (Phi) is 8.04. The fourth-order valence-corrected chi connectivity index (χ4v) is 1.75. The van der Waals surface area contributed by atoms with Crippen LogP contribution < -0.4 is 0 Å². The Morgan fingerprint density at radius 2 is 1.53 bits per heavy atom. The van der Waals surface area contributed by atoms with Crippen LogP contribution in [0, 0.1) is 5.92 Å². The van der Waals surface area contributed by atoms with E-state index in [4.69, 9.17) is 9.47 Å². The van der Waals surface area contributed by atoms with Gasteiger partial charge in [0.15, 0.2) is 5.92 Å². The molecule has 0 aromatic rings. The van der Waals surface area contributed by atoms with Crippen LogP contribution in [0.25, 0.3) is 0 Å². The maximum Gasteiger partial charge on any atom is 0.321 e. The summed E-state index contributed by atoms with van der Waals surface area (Å²) < 4.78 is 9.61. The lowest BCUT2D eigenvalue weighted by atomic mass is 10.1. The van der Waals surface area contributed by atoms with Crippen molar-refractivity contribution in [2.24, 2.45) is 5.92 Å². The van der Waals surface area contributed by atoms with E-state index in [2.05, 4.69) is 31.9 Å². The second-order valence-corrected chi connectivity index (χ2v) is 4.48. The fourth-order valence-electron chi connectivity index (χ4n) is 0.945. The maximum atomic E-state index is 11.5. The molecule has 6 heteroatoms. The van der Waals surface area contributed by atoms with Crippen LogP contribution in [-0.4, -0.2) is 35.3 Å². The van der Waals surface area contributed by atoms with E-state index in [1.165, 1.54) is 0 Å². The molecular formula is C9H14Br2O4. The summed E-state index contributed by atoms with van der Waals surface area (Å²) in [4.78, 5) is 22.6. The summed E-state index contributed by atoms with van der Waals surface area (Å²) in [5.74, 6) is -2.03. The largest absolute Gasteiger partial charge is 0.465 e. The van der Waals surface area contributed by atoms with E-state index in [-0.39, 0.29) is 18.0 Å². The van der Waals surface area contributed by atoms with E-state index in [1.54, 1.807) is 13.8 Å². The Labute approximate surface area is 106 Å². The number of rotatable bonds is 6. The van der Waals surface area contributed by atoms with Gasteiger partial charge in [0.1, 0.15) is 0 Å². The second kappa shape index (κ2) is 8.10. The molecule has 0 radical (unpaired) electrons. The van der Waals surface area contributed by atoms with Crippen LogP contribution in [0.3, 0.4) is 0 Å². The number of hydrogen-bond acceptors (Lipinski definition) is 4. The molecule has 0 aliphatic carbocycles. The minimum absolute atomic E-state index is 0.247. The Bertz CT molecular complexity index is 202. The summed E-state index contributed by atoms with van der Waals surface area (Å²) in [6.45, 7) is 3.88. The van der Waals surface area contributed by atoms with Crippen LogP contribution in [0.2, 0.25) is 0 Å². The van der Waals surface area contributed by atoms with Gasteiger partial charge in [0.25, 0.3) is 0 Å². The van der Waals surface area contributed by atoms with Gasteiger partial charge in [-0.15, -0.1) is 0 Å². The summed E-state index contributed by atoms with van der Waals surface area (Å²) in [5, 5.41) is 0.468. The van der Waals surface area contributed by atoms with E-state index < -0.39 is 17.9 Å². The third kappa shape index (κ3) is 4.97. The highest BCUT2D eigenvalue weighted by Crippen LogP contribution is 2.19. The van der Waals surface area contributed by atoms with Crippen molar-refractivity contribution in [1.29, 1.82) is 0 Å². The summed E-state index contributed by atoms with van der Waals surface area (Å²) in [7, 11) is 0. The number of hydrogen-bond donors (Lipinski definition) is 0. The van der Waals surface area contributed by atoms with Crippen LogP contribution >= 0.6 is 31.9 Å². The molecule has 4 nitrogen and oxygen atoms in total. The van der Waals surface area contributed by atoms with Crippen LogP contribution in [0.1, 0.15) is 13.8 Å². The molecule has 0 aliphatic rings. The summed E-state index contributed by atoms with van der Waals surface area (Å²) >= 11 is 6.43. The van der Waals surface area contributed by atoms with Gasteiger partial charge in [0, 0.05) is 10.2 Å². The highest BCUT2D eigenvalue weighted by atomic mass is 79.9. The van der Waals surface area contributed by atoms with Gasteiger partial charge >= 0.3 is 11.9 Å². The van der Waals surface area contributed by atoms with Crippen LogP contribution in [0.5, 0.6) is 0 Å². The molecule has 0 spiro atoms. The number of esters is 2. The average molecular weight is 346 g/mol. The van der Waals surface area contributed by atoms with Gasteiger partial charge in [-0.2, -0.15) is 0 Å². The van der Waals surface area contributed by atoms with Crippen molar-refractivity contribution in [3.05, 3.63) is 0 Å². The van der Waals surface area contributed by atoms with Crippen molar-refractivity contribution in [3.63, 3.8) is 0 Å². The Hall–Kier alpha value is -0.100. The SMILES string of the molecule is CCOC(=O)C(C(=O)OCC)C(Br)CBr. The van der Waals surface area contributed by atoms with Crippen molar-refractivity contribution < 1.29 is 19.1 Å². The molecule has 0 rings (SSSR count). The molecule has 0 bridgehead atoms.